The van der Waals surface area contributed by atoms with Crippen molar-refractivity contribution in [1.29, 1.82) is 0 Å². The van der Waals surface area contributed by atoms with Gasteiger partial charge in [0.15, 0.2) is 11.6 Å². The van der Waals surface area contributed by atoms with Crippen molar-refractivity contribution in [3.05, 3.63) is 48.2 Å². The van der Waals surface area contributed by atoms with Crippen LogP contribution in [0.2, 0.25) is 0 Å². The van der Waals surface area contributed by atoms with Gasteiger partial charge in [0.2, 0.25) is 5.88 Å². The molecular formula is C15H16FN3O. The summed E-state index contributed by atoms with van der Waals surface area (Å²) in [5.74, 6) is 0.439. The van der Waals surface area contributed by atoms with Gasteiger partial charge in [-0.05, 0) is 31.5 Å². The van der Waals surface area contributed by atoms with Crippen molar-refractivity contribution in [1.82, 2.24) is 15.3 Å². The summed E-state index contributed by atoms with van der Waals surface area (Å²) in [5.41, 5.74) is 0.794. The zero-order valence-electron chi connectivity index (χ0n) is 11.1. The minimum absolute atomic E-state index is 0.179. The van der Waals surface area contributed by atoms with Crippen LogP contribution in [-0.2, 0) is 0 Å². The average Bonchev–Trinajstić information content (AvgIpc) is 2.51. The van der Waals surface area contributed by atoms with Crippen molar-refractivity contribution in [2.75, 3.05) is 13.1 Å². The molecule has 0 bridgehead atoms. The number of ether oxygens (including phenoxy) is 1. The first-order chi connectivity index (χ1) is 9.84. The summed E-state index contributed by atoms with van der Waals surface area (Å²) in [6.07, 6.45) is 5.35. The zero-order chi connectivity index (χ0) is 13.8. The molecule has 2 aromatic rings. The monoisotopic (exact) mass is 273 g/mol. The lowest BCUT2D eigenvalue weighted by atomic mass is 9.96. The molecule has 1 aliphatic heterocycles. The van der Waals surface area contributed by atoms with E-state index in [0.29, 0.717) is 5.88 Å². The lowest BCUT2D eigenvalue weighted by Gasteiger charge is -2.23. The zero-order valence-corrected chi connectivity index (χ0v) is 11.1. The highest BCUT2D eigenvalue weighted by Gasteiger charge is 2.22. The predicted molar refractivity (Wildman–Crippen MR) is 73.4 cm³/mol. The van der Waals surface area contributed by atoms with Gasteiger partial charge in [0.05, 0.1) is 0 Å². The van der Waals surface area contributed by atoms with Gasteiger partial charge in [0.1, 0.15) is 5.69 Å². The Hall–Kier alpha value is -2.01. The molecule has 0 radical (unpaired) electrons. The second-order valence-corrected chi connectivity index (χ2v) is 4.82. The summed E-state index contributed by atoms with van der Waals surface area (Å²) in [6, 6.07) is 6.32. The lowest BCUT2D eigenvalue weighted by molar-refractivity contribution is 0.395. The van der Waals surface area contributed by atoms with Crippen molar-refractivity contribution in [3.8, 4) is 11.6 Å². The van der Waals surface area contributed by atoms with Crippen LogP contribution in [0.4, 0.5) is 4.39 Å². The molecule has 1 unspecified atom stereocenters. The molecule has 20 heavy (non-hydrogen) atoms. The van der Waals surface area contributed by atoms with Crippen molar-refractivity contribution in [2.24, 2.45) is 0 Å². The Morgan fingerprint density at radius 2 is 2.05 bits per heavy atom. The number of rotatable bonds is 3. The molecule has 1 aromatic carbocycles. The van der Waals surface area contributed by atoms with Crippen LogP contribution in [-0.4, -0.2) is 23.1 Å². The van der Waals surface area contributed by atoms with E-state index in [-0.39, 0.29) is 11.7 Å². The number of hydrogen-bond acceptors (Lipinski definition) is 4. The normalized spacial score (nSPS) is 18.8. The molecule has 1 saturated heterocycles. The third kappa shape index (κ3) is 2.77. The maximum Gasteiger partial charge on any atom is 0.241 e. The summed E-state index contributed by atoms with van der Waals surface area (Å²) in [5, 5.41) is 3.34. The summed E-state index contributed by atoms with van der Waals surface area (Å²) in [6.45, 7) is 1.88. The van der Waals surface area contributed by atoms with Gasteiger partial charge in [0.25, 0.3) is 0 Å². The number of nitrogens with zero attached hydrogens (tertiary/aromatic N) is 2. The van der Waals surface area contributed by atoms with Crippen LogP contribution in [0.3, 0.4) is 0 Å². The van der Waals surface area contributed by atoms with E-state index in [0.717, 1.165) is 31.6 Å². The van der Waals surface area contributed by atoms with Crippen LogP contribution >= 0.6 is 0 Å². The molecule has 1 fully saturated rings. The fraction of sp³-hybridized carbons (Fsp3) is 0.333. The van der Waals surface area contributed by atoms with Crippen molar-refractivity contribution < 1.29 is 9.13 Å². The van der Waals surface area contributed by atoms with Crippen molar-refractivity contribution >= 4 is 0 Å². The Labute approximate surface area is 117 Å². The molecule has 5 heteroatoms. The highest BCUT2D eigenvalue weighted by Crippen LogP contribution is 2.31. The van der Waals surface area contributed by atoms with E-state index >= 15 is 0 Å². The van der Waals surface area contributed by atoms with Gasteiger partial charge in [0, 0.05) is 24.9 Å². The largest absolute Gasteiger partial charge is 0.434 e. The van der Waals surface area contributed by atoms with Gasteiger partial charge in [-0.25, -0.2) is 9.37 Å². The van der Waals surface area contributed by atoms with Crippen LogP contribution < -0.4 is 10.1 Å². The van der Waals surface area contributed by atoms with Crippen molar-refractivity contribution in [3.63, 3.8) is 0 Å². The summed E-state index contributed by atoms with van der Waals surface area (Å²) >= 11 is 0. The molecule has 4 nitrogen and oxygen atoms in total. The fourth-order valence-electron chi connectivity index (χ4n) is 2.41. The van der Waals surface area contributed by atoms with Gasteiger partial charge in [-0.3, -0.25) is 4.98 Å². The molecule has 3 rings (SSSR count). The number of benzene rings is 1. The average molecular weight is 273 g/mol. The number of halogens is 1. The van der Waals surface area contributed by atoms with Crippen LogP contribution in [0.5, 0.6) is 11.6 Å². The van der Waals surface area contributed by atoms with E-state index in [1.165, 1.54) is 6.07 Å². The van der Waals surface area contributed by atoms with Gasteiger partial charge >= 0.3 is 0 Å². The van der Waals surface area contributed by atoms with Gasteiger partial charge < -0.3 is 10.1 Å². The second-order valence-electron chi connectivity index (χ2n) is 4.82. The summed E-state index contributed by atoms with van der Waals surface area (Å²) in [4.78, 5) is 8.59. The molecule has 0 amide bonds. The number of piperidine rings is 1. The van der Waals surface area contributed by atoms with E-state index < -0.39 is 5.82 Å². The highest BCUT2D eigenvalue weighted by atomic mass is 19.1. The van der Waals surface area contributed by atoms with Crippen LogP contribution in [0.15, 0.2) is 36.7 Å². The molecular weight excluding hydrogens is 257 g/mol. The van der Waals surface area contributed by atoms with Crippen LogP contribution in [0.25, 0.3) is 0 Å². The first kappa shape index (κ1) is 13.0. The molecule has 0 aliphatic carbocycles. The van der Waals surface area contributed by atoms with E-state index in [9.17, 15) is 4.39 Å². The molecule has 2 heterocycles. The van der Waals surface area contributed by atoms with Gasteiger partial charge in [-0.1, -0.05) is 12.1 Å². The third-order valence-corrected chi connectivity index (χ3v) is 3.42. The molecule has 1 aromatic heterocycles. The summed E-state index contributed by atoms with van der Waals surface area (Å²) in [7, 11) is 0. The quantitative estimate of drug-likeness (QED) is 0.934. The van der Waals surface area contributed by atoms with E-state index in [4.69, 9.17) is 4.74 Å². The number of nitrogens with one attached hydrogen (secondary N) is 1. The maximum absolute atomic E-state index is 13.7. The Morgan fingerprint density at radius 3 is 2.85 bits per heavy atom. The van der Waals surface area contributed by atoms with E-state index in [1.807, 2.05) is 0 Å². The Morgan fingerprint density at radius 1 is 1.20 bits per heavy atom. The smallest absolute Gasteiger partial charge is 0.241 e. The predicted octanol–water partition coefficient (Wildman–Crippen LogP) is 2.88. The third-order valence-electron chi connectivity index (χ3n) is 3.42. The first-order valence-electron chi connectivity index (χ1n) is 6.78. The molecule has 104 valence electrons. The summed E-state index contributed by atoms with van der Waals surface area (Å²) < 4.78 is 19.3. The van der Waals surface area contributed by atoms with Crippen molar-refractivity contribution in [2.45, 2.75) is 18.8 Å². The van der Waals surface area contributed by atoms with Gasteiger partial charge in [-0.2, -0.15) is 0 Å². The second kappa shape index (κ2) is 5.96. The standard InChI is InChI=1S/C15H16FN3O/c16-12-5-1-2-6-13(12)20-15-14(18-8-9-19-15)11-4-3-7-17-10-11/h1-2,5-6,8-9,11,17H,3-4,7,10H2. The lowest BCUT2D eigenvalue weighted by Crippen LogP contribution is -2.29. The number of hydrogen-bond donors (Lipinski definition) is 1. The molecule has 1 aliphatic rings. The SMILES string of the molecule is Fc1ccccc1Oc1nccnc1C1CCCNC1. The fourth-order valence-corrected chi connectivity index (χ4v) is 2.41. The van der Waals surface area contributed by atoms with Crippen LogP contribution in [0.1, 0.15) is 24.5 Å². The van der Waals surface area contributed by atoms with Crippen LogP contribution in [0, 0.1) is 5.82 Å². The number of aromatic nitrogens is 2. The minimum Gasteiger partial charge on any atom is -0.434 e. The van der Waals surface area contributed by atoms with Gasteiger partial charge in [-0.15, -0.1) is 0 Å². The Bertz CT molecular complexity index is 585. The Kier molecular flexibility index (Phi) is 3.87. The molecule has 0 spiro atoms. The first-order valence-corrected chi connectivity index (χ1v) is 6.78. The Balaban J connectivity index is 1.88. The highest BCUT2D eigenvalue weighted by molar-refractivity contribution is 5.31. The van der Waals surface area contributed by atoms with E-state index in [2.05, 4.69) is 15.3 Å². The topological polar surface area (TPSA) is 47.0 Å². The van der Waals surface area contributed by atoms with E-state index in [1.54, 1.807) is 30.6 Å². The molecule has 1 N–H and O–H groups in total. The molecule has 1 atom stereocenters. The number of para-hydroxylation sites is 1. The maximum atomic E-state index is 13.7. The molecule has 0 saturated carbocycles. The minimum atomic E-state index is -0.397.